The number of anilines is 1. The zero-order chi connectivity index (χ0) is 21.6. The van der Waals surface area contributed by atoms with E-state index in [0.717, 1.165) is 39.4 Å². The Kier molecular flexibility index (Phi) is 7.67. The lowest BCUT2D eigenvalue weighted by molar-refractivity contribution is -0.121. The van der Waals surface area contributed by atoms with Gasteiger partial charge in [-0.25, -0.2) is 8.42 Å². The van der Waals surface area contributed by atoms with E-state index in [1.54, 1.807) is 19.1 Å². The highest BCUT2D eigenvalue weighted by molar-refractivity contribution is 7.92. The number of aryl methyl sites for hydroxylation is 3. The van der Waals surface area contributed by atoms with E-state index in [0.29, 0.717) is 12.3 Å². The van der Waals surface area contributed by atoms with Crippen LogP contribution in [0.15, 0.2) is 42.5 Å². The van der Waals surface area contributed by atoms with E-state index >= 15 is 0 Å². The van der Waals surface area contributed by atoms with Crippen molar-refractivity contribution in [1.82, 2.24) is 5.32 Å². The van der Waals surface area contributed by atoms with Crippen LogP contribution in [-0.2, 0) is 21.2 Å². The normalized spacial score (nSPS) is 12.3. The van der Waals surface area contributed by atoms with Crippen molar-refractivity contribution in [2.24, 2.45) is 0 Å². The Bertz CT molecular complexity index is 940. The summed E-state index contributed by atoms with van der Waals surface area (Å²) in [6.07, 6.45) is 1.96. The second kappa shape index (κ2) is 9.78. The molecule has 2 aromatic carbocycles. The van der Waals surface area contributed by atoms with Crippen LogP contribution in [0.3, 0.4) is 0 Å². The van der Waals surface area contributed by atoms with Crippen molar-refractivity contribution in [1.29, 1.82) is 0 Å². The van der Waals surface area contributed by atoms with Crippen molar-refractivity contribution >= 4 is 21.6 Å². The van der Waals surface area contributed by atoms with Crippen LogP contribution in [-0.4, -0.2) is 39.8 Å². The number of hydrogen-bond acceptors (Lipinski definition) is 4. The predicted molar refractivity (Wildman–Crippen MR) is 117 cm³/mol. The first-order valence-corrected chi connectivity index (χ1v) is 11.5. The minimum absolute atomic E-state index is 0.281. The molecule has 2 rings (SSSR count). The van der Waals surface area contributed by atoms with Crippen LogP contribution in [0.1, 0.15) is 30.5 Å². The largest absolute Gasteiger partial charge is 0.491 e. The van der Waals surface area contributed by atoms with Gasteiger partial charge in [0.15, 0.2) is 0 Å². The topological polar surface area (TPSA) is 75.7 Å². The lowest BCUT2D eigenvalue weighted by atomic mass is 10.1. The molecule has 0 aromatic heterocycles. The van der Waals surface area contributed by atoms with Gasteiger partial charge in [0, 0.05) is 0 Å². The van der Waals surface area contributed by atoms with Gasteiger partial charge in [-0.15, -0.1) is 0 Å². The van der Waals surface area contributed by atoms with Crippen molar-refractivity contribution in [2.75, 3.05) is 23.7 Å². The number of nitrogens with one attached hydrogen (secondary N) is 1. The molecule has 1 atom stereocenters. The van der Waals surface area contributed by atoms with E-state index < -0.39 is 16.1 Å². The molecular weight excluding hydrogens is 388 g/mol. The molecule has 158 valence electrons. The number of carbonyl (C=O) groups excluding carboxylic acids is 1. The number of benzene rings is 2. The van der Waals surface area contributed by atoms with Gasteiger partial charge in [0.1, 0.15) is 18.4 Å². The summed E-state index contributed by atoms with van der Waals surface area (Å²) in [5, 5.41) is 2.76. The fraction of sp³-hybridized carbons (Fsp3) is 0.409. The second-order valence-electron chi connectivity index (χ2n) is 7.16. The molecule has 1 unspecified atom stereocenters. The first kappa shape index (κ1) is 22.7. The molecule has 0 aliphatic carbocycles. The van der Waals surface area contributed by atoms with E-state index in [1.807, 2.05) is 51.1 Å². The first-order valence-electron chi connectivity index (χ1n) is 9.69. The summed E-state index contributed by atoms with van der Waals surface area (Å²) in [6, 6.07) is 12.3. The van der Waals surface area contributed by atoms with Gasteiger partial charge in [0.05, 0.1) is 18.5 Å². The third-order valence-electron chi connectivity index (χ3n) is 4.69. The van der Waals surface area contributed by atoms with Crippen LogP contribution in [0.5, 0.6) is 5.75 Å². The van der Waals surface area contributed by atoms with E-state index in [2.05, 4.69) is 5.32 Å². The van der Waals surface area contributed by atoms with Crippen molar-refractivity contribution in [3.63, 3.8) is 0 Å². The Hall–Kier alpha value is -2.54. The van der Waals surface area contributed by atoms with Crippen LogP contribution in [0.25, 0.3) is 0 Å². The number of rotatable bonds is 9. The van der Waals surface area contributed by atoms with Crippen LogP contribution in [0.2, 0.25) is 0 Å². The van der Waals surface area contributed by atoms with Crippen LogP contribution in [0.4, 0.5) is 5.69 Å². The summed E-state index contributed by atoms with van der Waals surface area (Å²) >= 11 is 0. The van der Waals surface area contributed by atoms with Crippen LogP contribution >= 0.6 is 0 Å². The Balaban J connectivity index is 2.00. The fourth-order valence-electron chi connectivity index (χ4n) is 3.03. The summed E-state index contributed by atoms with van der Waals surface area (Å²) in [4.78, 5) is 12.6. The lowest BCUT2D eigenvalue weighted by Gasteiger charge is -2.28. The Labute approximate surface area is 173 Å². The highest BCUT2D eigenvalue weighted by atomic mass is 32.2. The van der Waals surface area contributed by atoms with Crippen molar-refractivity contribution < 1.29 is 17.9 Å². The average molecular weight is 419 g/mol. The number of ether oxygens (including phenoxy) is 1. The molecule has 0 radical (unpaired) electrons. The maximum absolute atomic E-state index is 12.6. The molecule has 0 aliphatic rings. The lowest BCUT2D eigenvalue weighted by Crippen LogP contribution is -2.48. The smallest absolute Gasteiger partial charge is 0.243 e. The standard InChI is InChI=1S/C22H30N2O4S/c1-6-19-9-11-20(12-10-19)24(29(5,26)27)18(4)22(25)23-13-14-28-21-15-16(2)7-8-17(21)3/h7-12,15,18H,6,13-14H2,1-5H3,(H,23,25). The van der Waals surface area contributed by atoms with Gasteiger partial charge in [0.25, 0.3) is 0 Å². The van der Waals surface area contributed by atoms with Gasteiger partial charge in [-0.2, -0.15) is 0 Å². The Morgan fingerprint density at radius 2 is 1.79 bits per heavy atom. The van der Waals surface area contributed by atoms with E-state index in [1.165, 1.54) is 0 Å². The molecule has 0 heterocycles. The molecule has 0 fully saturated rings. The van der Waals surface area contributed by atoms with Crippen LogP contribution < -0.4 is 14.4 Å². The quantitative estimate of drug-likeness (QED) is 0.635. The summed E-state index contributed by atoms with van der Waals surface area (Å²) in [7, 11) is -3.62. The van der Waals surface area contributed by atoms with Crippen molar-refractivity contribution in [3.8, 4) is 5.75 Å². The molecule has 7 heteroatoms. The zero-order valence-corrected chi connectivity index (χ0v) is 18.5. The van der Waals surface area contributed by atoms with Gasteiger partial charge in [-0.05, 0) is 62.1 Å². The van der Waals surface area contributed by atoms with E-state index in [9.17, 15) is 13.2 Å². The highest BCUT2D eigenvalue weighted by Gasteiger charge is 2.28. The Morgan fingerprint density at radius 3 is 2.38 bits per heavy atom. The summed E-state index contributed by atoms with van der Waals surface area (Å²) in [5.41, 5.74) is 3.69. The predicted octanol–water partition coefficient (Wildman–Crippen LogP) is 3.22. The minimum Gasteiger partial charge on any atom is -0.491 e. The van der Waals surface area contributed by atoms with Crippen molar-refractivity contribution in [2.45, 2.75) is 40.2 Å². The van der Waals surface area contributed by atoms with Gasteiger partial charge >= 0.3 is 0 Å². The highest BCUT2D eigenvalue weighted by Crippen LogP contribution is 2.22. The monoisotopic (exact) mass is 418 g/mol. The number of hydrogen-bond donors (Lipinski definition) is 1. The number of sulfonamides is 1. The molecule has 6 nitrogen and oxygen atoms in total. The maximum atomic E-state index is 12.6. The van der Waals surface area contributed by atoms with Gasteiger partial charge in [-0.3, -0.25) is 9.10 Å². The molecule has 1 amide bonds. The molecule has 0 spiro atoms. The molecule has 2 aromatic rings. The summed E-state index contributed by atoms with van der Waals surface area (Å²) < 4.78 is 31.6. The molecule has 0 saturated heterocycles. The molecule has 1 N–H and O–H groups in total. The molecular formula is C22H30N2O4S. The SMILES string of the molecule is CCc1ccc(N(C(C)C(=O)NCCOc2cc(C)ccc2C)S(C)(=O)=O)cc1. The van der Waals surface area contributed by atoms with Gasteiger partial charge < -0.3 is 10.1 Å². The zero-order valence-electron chi connectivity index (χ0n) is 17.7. The third-order valence-corrected chi connectivity index (χ3v) is 5.93. The summed E-state index contributed by atoms with van der Waals surface area (Å²) in [6.45, 7) is 8.14. The number of carbonyl (C=O) groups is 1. The van der Waals surface area contributed by atoms with Gasteiger partial charge in [-0.1, -0.05) is 31.2 Å². The molecule has 0 saturated carbocycles. The maximum Gasteiger partial charge on any atom is 0.243 e. The number of amides is 1. The van der Waals surface area contributed by atoms with Crippen molar-refractivity contribution in [3.05, 3.63) is 59.2 Å². The molecule has 0 aliphatic heterocycles. The van der Waals surface area contributed by atoms with Crippen LogP contribution in [0, 0.1) is 13.8 Å². The van der Waals surface area contributed by atoms with E-state index in [-0.39, 0.29) is 12.5 Å². The van der Waals surface area contributed by atoms with Gasteiger partial charge in [0.2, 0.25) is 15.9 Å². The third kappa shape index (κ3) is 6.22. The second-order valence-corrected chi connectivity index (χ2v) is 9.02. The fourth-order valence-corrected chi connectivity index (χ4v) is 4.21. The molecule has 0 bridgehead atoms. The minimum atomic E-state index is -3.62. The average Bonchev–Trinajstić information content (AvgIpc) is 2.67. The molecule has 29 heavy (non-hydrogen) atoms. The Morgan fingerprint density at radius 1 is 1.14 bits per heavy atom. The summed E-state index contributed by atoms with van der Waals surface area (Å²) in [5.74, 6) is 0.403. The number of nitrogens with zero attached hydrogens (tertiary/aromatic N) is 1. The first-order chi connectivity index (χ1) is 13.6. The van der Waals surface area contributed by atoms with E-state index in [4.69, 9.17) is 4.74 Å².